The van der Waals surface area contributed by atoms with Crippen LogP contribution in [-0.4, -0.2) is 10.2 Å². The van der Waals surface area contributed by atoms with E-state index in [0.717, 1.165) is 33.4 Å². The summed E-state index contributed by atoms with van der Waals surface area (Å²) in [5, 5.41) is 21.2. The average Bonchev–Trinajstić information content (AvgIpc) is 3.03. The summed E-state index contributed by atoms with van der Waals surface area (Å²) in [5.41, 5.74) is 16.1. The zero-order chi connectivity index (χ0) is 24.9. The van der Waals surface area contributed by atoms with Gasteiger partial charge >= 0.3 is 0 Å². The van der Waals surface area contributed by atoms with Gasteiger partial charge in [0, 0.05) is 0 Å². The van der Waals surface area contributed by atoms with Crippen LogP contribution in [0.4, 0.5) is 0 Å². The van der Waals surface area contributed by atoms with Gasteiger partial charge < -0.3 is 10.2 Å². The fourth-order valence-electron chi connectivity index (χ4n) is 5.53. The summed E-state index contributed by atoms with van der Waals surface area (Å²) in [7, 11) is 0. The maximum absolute atomic E-state index is 10.6. The lowest BCUT2D eigenvalue weighted by Crippen LogP contribution is -1.93. The highest BCUT2D eigenvalue weighted by molar-refractivity contribution is 6.03. The van der Waals surface area contributed by atoms with Gasteiger partial charge in [-0.2, -0.15) is 0 Å². The molecule has 2 nitrogen and oxygen atoms in total. The molecule has 0 atom stereocenters. The molecule has 4 aliphatic rings. The second-order valence-electron chi connectivity index (χ2n) is 10.5. The van der Waals surface area contributed by atoms with Crippen LogP contribution in [0.25, 0.3) is 33.4 Å². The minimum absolute atomic E-state index is 0.0259. The van der Waals surface area contributed by atoms with Crippen LogP contribution in [0.5, 0.6) is 0 Å². The van der Waals surface area contributed by atoms with Crippen LogP contribution < -0.4 is 0 Å². The average molecular weight is 455 g/mol. The number of aliphatic hydroxyl groups is 2. The highest BCUT2D eigenvalue weighted by Gasteiger charge is 2.30. The van der Waals surface area contributed by atoms with Gasteiger partial charge in [-0.25, -0.2) is 0 Å². The van der Waals surface area contributed by atoms with Gasteiger partial charge in [0.2, 0.25) is 0 Å². The van der Waals surface area contributed by atoms with E-state index in [1.165, 1.54) is 44.5 Å². The third-order valence-corrected chi connectivity index (χ3v) is 7.72. The Balaban J connectivity index is 2.19. The van der Waals surface area contributed by atoms with Crippen molar-refractivity contribution in [3.8, 4) is 33.4 Å². The van der Waals surface area contributed by atoms with Gasteiger partial charge in [-0.15, -0.1) is 0 Å². The molecule has 0 aliphatic heterocycles. The molecule has 4 rings (SSSR count). The first-order valence-corrected chi connectivity index (χ1v) is 12.5. The summed E-state index contributed by atoms with van der Waals surface area (Å²) < 4.78 is 0. The fraction of sp³-hybridized carbons (Fsp3) is 0.375. The Hall–Kier alpha value is -2.68. The number of aliphatic hydroxyl groups excluding tert-OH is 2. The lowest BCUT2D eigenvalue weighted by molar-refractivity contribution is 0.280. The Labute approximate surface area is 205 Å². The Morgan fingerprint density at radius 3 is 1.21 bits per heavy atom. The maximum atomic E-state index is 10.6. The zero-order valence-electron chi connectivity index (χ0n) is 21.9. The molecule has 34 heavy (non-hydrogen) atoms. The van der Waals surface area contributed by atoms with Crippen molar-refractivity contribution in [2.75, 3.05) is 0 Å². The molecule has 0 spiro atoms. The van der Waals surface area contributed by atoms with Gasteiger partial charge in [0.25, 0.3) is 0 Å². The van der Waals surface area contributed by atoms with Crippen LogP contribution in [0.2, 0.25) is 0 Å². The lowest BCUT2D eigenvalue weighted by Gasteiger charge is -2.12. The van der Waals surface area contributed by atoms with Crippen molar-refractivity contribution < 1.29 is 10.2 Å². The Kier molecular flexibility index (Phi) is 6.59. The number of aryl methyl sites for hydroxylation is 2. The van der Waals surface area contributed by atoms with E-state index in [4.69, 9.17) is 0 Å². The van der Waals surface area contributed by atoms with E-state index < -0.39 is 0 Å². The maximum Gasteiger partial charge on any atom is 0.0690 e. The summed E-state index contributed by atoms with van der Waals surface area (Å²) in [6, 6.07) is 13.5. The summed E-state index contributed by atoms with van der Waals surface area (Å²) in [5.74, 6) is 0.826. The molecule has 0 saturated heterocycles. The second-order valence-corrected chi connectivity index (χ2v) is 10.5. The monoisotopic (exact) mass is 454 g/mol. The number of hydrogen-bond donors (Lipinski definition) is 2. The van der Waals surface area contributed by atoms with Crippen LogP contribution in [0.3, 0.4) is 0 Å². The van der Waals surface area contributed by atoms with Crippen LogP contribution in [-0.2, 0) is 13.2 Å². The van der Waals surface area contributed by atoms with E-state index in [-0.39, 0.29) is 13.2 Å². The lowest BCUT2D eigenvalue weighted by atomic mass is 9.91. The van der Waals surface area contributed by atoms with Gasteiger partial charge in [0.1, 0.15) is 0 Å². The molecule has 0 aromatic rings. The van der Waals surface area contributed by atoms with E-state index in [9.17, 15) is 10.2 Å². The molecule has 0 fully saturated rings. The number of rotatable bonds is 5. The zero-order valence-corrected chi connectivity index (χ0v) is 21.9. The molecule has 0 unspecified atom stereocenters. The van der Waals surface area contributed by atoms with Gasteiger partial charge in [-0.1, -0.05) is 64.1 Å². The predicted octanol–water partition coefficient (Wildman–Crippen LogP) is 8.03. The van der Waals surface area contributed by atoms with E-state index in [1.807, 2.05) is 0 Å². The van der Waals surface area contributed by atoms with Crippen LogP contribution in [0, 0.1) is 27.7 Å². The highest BCUT2D eigenvalue weighted by atomic mass is 16.3. The van der Waals surface area contributed by atoms with Crippen molar-refractivity contribution in [2.45, 2.75) is 80.4 Å². The molecule has 178 valence electrons. The smallest absolute Gasteiger partial charge is 0.0690 e. The first kappa shape index (κ1) is 24.4. The van der Waals surface area contributed by atoms with E-state index in [1.54, 1.807) is 0 Å². The van der Waals surface area contributed by atoms with Crippen molar-refractivity contribution in [2.24, 2.45) is 0 Å². The van der Waals surface area contributed by atoms with Gasteiger partial charge in [0.05, 0.1) is 13.2 Å². The molecule has 0 amide bonds. The standard InChI is InChI=1S/C32H38O2/c1-17(2)23-11-9-19(5)29-25(13-23)21(7)27(15-33)31(29)32-28(16-34)22(8)26-14-24(18(3)4)12-10-20(6)30(26)32/h9-14,17-18,33-34H,15-16H2,1-8H3. The quantitative estimate of drug-likeness (QED) is 0.320. The topological polar surface area (TPSA) is 40.5 Å². The first-order chi connectivity index (χ1) is 16.1. The minimum Gasteiger partial charge on any atom is -0.392 e. The van der Waals surface area contributed by atoms with Gasteiger partial charge in [-0.05, 0) is 117 Å². The van der Waals surface area contributed by atoms with Crippen molar-refractivity contribution >= 4 is 0 Å². The molecule has 0 aromatic carbocycles. The summed E-state index contributed by atoms with van der Waals surface area (Å²) in [4.78, 5) is 0. The number of hydrogen-bond acceptors (Lipinski definition) is 2. The van der Waals surface area contributed by atoms with Crippen molar-refractivity contribution in [1.29, 1.82) is 0 Å². The molecule has 2 N–H and O–H groups in total. The molecule has 4 aliphatic carbocycles. The molecule has 2 heteroatoms. The number of fused-ring (bicyclic) bond motifs is 2. The van der Waals surface area contributed by atoms with E-state index >= 15 is 0 Å². The predicted molar refractivity (Wildman–Crippen MR) is 144 cm³/mol. The highest BCUT2D eigenvalue weighted by Crippen LogP contribution is 2.52. The second kappa shape index (κ2) is 9.17. The molecular weight excluding hydrogens is 416 g/mol. The molecule has 0 aromatic heterocycles. The summed E-state index contributed by atoms with van der Waals surface area (Å²) in [6.07, 6.45) is 0. The molecule has 0 radical (unpaired) electrons. The molecular formula is C32H38O2. The van der Waals surface area contributed by atoms with Crippen molar-refractivity contribution in [3.05, 3.63) is 80.9 Å². The van der Waals surface area contributed by atoms with E-state index in [0.29, 0.717) is 11.8 Å². The normalized spacial score (nSPS) is 12.0. The first-order valence-electron chi connectivity index (χ1n) is 12.5. The summed E-state index contributed by atoms with van der Waals surface area (Å²) >= 11 is 0. The van der Waals surface area contributed by atoms with Crippen LogP contribution in [0.15, 0.2) is 36.4 Å². The van der Waals surface area contributed by atoms with Crippen LogP contribution in [0.1, 0.15) is 84.0 Å². The SMILES string of the molecule is Cc1ccc(C(C)C)cc2c(C)c(CO)c(-c3c(CO)c(C)c4cc(C(C)C)ccc(C)c3-4)c1-2. The summed E-state index contributed by atoms with van der Waals surface area (Å²) in [6.45, 7) is 17.4. The van der Waals surface area contributed by atoms with Crippen molar-refractivity contribution in [3.63, 3.8) is 0 Å². The molecule has 0 heterocycles. The third kappa shape index (κ3) is 3.74. The van der Waals surface area contributed by atoms with Gasteiger partial charge in [0.15, 0.2) is 0 Å². The Bertz CT molecular complexity index is 1210. The Morgan fingerprint density at radius 1 is 0.559 bits per heavy atom. The molecule has 0 bridgehead atoms. The molecule has 0 saturated carbocycles. The van der Waals surface area contributed by atoms with Gasteiger partial charge in [-0.3, -0.25) is 0 Å². The largest absolute Gasteiger partial charge is 0.392 e. The minimum atomic E-state index is -0.0259. The van der Waals surface area contributed by atoms with E-state index in [2.05, 4.69) is 91.8 Å². The Morgan fingerprint density at radius 2 is 0.912 bits per heavy atom. The van der Waals surface area contributed by atoms with Crippen LogP contribution >= 0.6 is 0 Å². The third-order valence-electron chi connectivity index (χ3n) is 7.72. The fourth-order valence-corrected chi connectivity index (χ4v) is 5.53. The van der Waals surface area contributed by atoms with Crippen molar-refractivity contribution in [1.82, 2.24) is 0 Å².